The van der Waals surface area contributed by atoms with E-state index in [0.717, 1.165) is 0 Å². The number of piperidine rings is 1. The van der Waals surface area contributed by atoms with Gasteiger partial charge in [-0.15, -0.1) is 13.2 Å². The Kier molecular flexibility index (Phi) is 10.1. The van der Waals surface area contributed by atoms with Crippen LogP contribution in [0.3, 0.4) is 0 Å². The molecule has 0 saturated carbocycles. The molecule has 0 radical (unpaired) electrons. The second-order valence-corrected chi connectivity index (χ2v) is 9.60. The highest BCUT2D eigenvalue weighted by Crippen LogP contribution is 2.29. The van der Waals surface area contributed by atoms with Gasteiger partial charge in [0, 0.05) is 49.7 Å². The quantitative estimate of drug-likeness (QED) is 0.285. The molecule has 0 spiro atoms. The number of halogens is 3. The third-order valence-corrected chi connectivity index (χ3v) is 6.61. The van der Waals surface area contributed by atoms with Gasteiger partial charge in [0.05, 0.1) is 13.0 Å². The monoisotopic (exact) mass is 584 g/mol. The average Bonchev–Trinajstić information content (AvgIpc) is 2.96. The highest BCUT2D eigenvalue weighted by Gasteiger charge is 2.31. The number of likely N-dealkylation sites (tertiary alicyclic amines) is 1. The fourth-order valence-electron chi connectivity index (χ4n) is 4.63. The number of rotatable bonds is 10. The van der Waals surface area contributed by atoms with Gasteiger partial charge in [-0.3, -0.25) is 14.4 Å². The van der Waals surface area contributed by atoms with Crippen LogP contribution in [-0.4, -0.2) is 54.8 Å². The zero-order valence-electron chi connectivity index (χ0n) is 23.0. The van der Waals surface area contributed by atoms with Crippen molar-refractivity contribution in [3.8, 4) is 22.6 Å². The Hall–Kier alpha value is -4.54. The number of anilines is 1. The summed E-state index contributed by atoms with van der Waals surface area (Å²) in [5, 5.41) is 2.86. The Labute approximate surface area is 241 Å². The van der Waals surface area contributed by atoms with Crippen LogP contribution in [0.4, 0.5) is 18.9 Å². The van der Waals surface area contributed by atoms with Gasteiger partial charge in [0.2, 0.25) is 5.91 Å². The number of hydrogen-bond acceptors (Lipinski definition) is 6. The molecule has 0 aromatic heterocycles. The number of carbonyl (C=O) groups excluding carboxylic acids is 3. The van der Waals surface area contributed by atoms with Crippen LogP contribution < -0.4 is 14.8 Å². The first kappa shape index (κ1) is 30.4. The first-order valence-corrected chi connectivity index (χ1v) is 13.6. The maximum atomic E-state index is 13.2. The topological polar surface area (TPSA) is 94.2 Å². The smallest absolute Gasteiger partial charge is 0.490 e. The number of ether oxygens (including phenoxy) is 3. The summed E-state index contributed by atoms with van der Waals surface area (Å²) >= 11 is 0. The Morgan fingerprint density at radius 1 is 0.905 bits per heavy atom. The number of benzene rings is 3. The van der Waals surface area contributed by atoms with Crippen LogP contribution in [0.25, 0.3) is 11.1 Å². The molecule has 42 heavy (non-hydrogen) atoms. The molecule has 3 aromatic carbocycles. The fraction of sp³-hybridized carbons (Fsp3) is 0.323. The number of hydrogen-bond donors (Lipinski definition) is 1. The molecule has 1 fully saturated rings. The van der Waals surface area contributed by atoms with E-state index in [9.17, 15) is 27.6 Å². The largest absolute Gasteiger partial charge is 0.573 e. The summed E-state index contributed by atoms with van der Waals surface area (Å²) in [5.41, 5.74) is 1.95. The molecular weight excluding hydrogens is 553 g/mol. The van der Waals surface area contributed by atoms with Gasteiger partial charge in [-0.25, -0.2) is 0 Å². The summed E-state index contributed by atoms with van der Waals surface area (Å²) in [6.45, 7) is 3.04. The summed E-state index contributed by atoms with van der Waals surface area (Å²) in [4.78, 5) is 38.9. The minimum Gasteiger partial charge on any atom is -0.490 e. The molecule has 2 amide bonds. The fourth-order valence-corrected chi connectivity index (χ4v) is 4.63. The van der Waals surface area contributed by atoms with E-state index in [4.69, 9.17) is 9.47 Å². The van der Waals surface area contributed by atoms with Crippen molar-refractivity contribution in [1.82, 2.24) is 4.90 Å². The van der Waals surface area contributed by atoms with E-state index in [1.807, 2.05) is 0 Å². The van der Waals surface area contributed by atoms with Crippen molar-refractivity contribution in [2.75, 3.05) is 25.0 Å². The van der Waals surface area contributed by atoms with Gasteiger partial charge in [0.1, 0.15) is 17.6 Å². The van der Waals surface area contributed by atoms with Crippen LogP contribution in [0.15, 0.2) is 72.8 Å². The summed E-state index contributed by atoms with van der Waals surface area (Å²) in [6.07, 6.45) is -3.47. The molecular formula is C31H31F3N2O6. The Bertz CT molecular complexity index is 1390. The molecule has 222 valence electrons. The number of amides is 2. The van der Waals surface area contributed by atoms with E-state index in [0.29, 0.717) is 54.1 Å². The Balaban J connectivity index is 1.34. The van der Waals surface area contributed by atoms with Gasteiger partial charge < -0.3 is 24.4 Å². The lowest BCUT2D eigenvalue weighted by atomic mass is 9.99. The molecule has 0 unspecified atom stereocenters. The molecule has 4 rings (SSSR count). The number of nitrogens with one attached hydrogen (secondary N) is 1. The number of carbonyl (C=O) groups is 3. The molecule has 1 saturated heterocycles. The molecule has 1 aliphatic rings. The minimum absolute atomic E-state index is 0.0648. The summed E-state index contributed by atoms with van der Waals surface area (Å²) in [6, 6.07) is 19.1. The molecule has 0 bridgehead atoms. The normalized spacial score (nSPS) is 13.8. The van der Waals surface area contributed by atoms with Gasteiger partial charge in [-0.05, 0) is 48.4 Å². The van der Waals surface area contributed by atoms with Gasteiger partial charge in [-0.1, -0.05) is 36.4 Å². The van der Waals surface area contributed by atoms with Gasteiger partial charge in [0.25, 0.3) is 5.91 Å². The van der Waals surface area contributed by atoms with Crippen LogP contribution in [0.5, 0.6) is 11.5 Å². The Morgan fingerprint density at radius 2 is 1.62 bits per heavy atom. The Morgan fingerprint density at radius 3 is 2.31 bits per heavy atom. The van der Waals surface area contributed by atoms with Gasteiger partial charge >= 0.3 is 12.3 Å². The molecule has 3 aromatic rings. The van der Waals surface area contributed by atoms with Crippen LogP contribution in [0.2, 0.25) is 0 Å². The van der Waals surface area contributed by atoms with Gasteiger partial charge in [-0.2, -0.15) is 0 Å². The lowest BCUT2D eigenvalue weighted by Gasteiger charge is -2.32. The van der Waals surface area contributed by atoms with E-state index in [1.54, 1.807) is 60.4 Å². The van der Waals surface area contributed by atoms with Crippen molar-refractivity contribution in [2.45, 2.75) is 45.1 Å². The first-order valence-electron chi connectivity index (χ1n) is 13.6. The van der Waals surface area contributed by atoms with E-state index < -0.39 is 12.3 Å². The predicted octanol–water partition coefficient (Wildman–Crippen LogP) is 6.22. The zero-order chi connectivity index (χ0) is 30.1. The van der Waals surface area contributed by atoms with Crippen LogP contribution >= 0.6 is 0 Å². The summed E-state index contributed by atoms with van der Waals surface area (Å²) in [5.74, 6) is -0.650. The molecule has 0 aliphatic carbocycles. The summed E-state index contributed by atoms with van der Waals surface area (Å²) in [7, 11) is 0. The molecule has 1 heterocycles. The molecule has 8 nitrogen and oxygen atoms in total. The van der Waals surface area contributed by atoms with Crippen molar-refractivity contribution >= 4 is 23.5 Å². The van der Waals surface area contributed by atoms with E-state index in [1.165, 1.54) is 24.3 Å². The van der Waals surface area contributed by atoms with Crippen molar-refractivity contribution in [2.24, 2.45) is 0 Å². The number of alkyl halides is 3. The molecule has 11 heteroatoms. The number of nitrogens with zero attached hydrogens (tertiary/aromatic N) is 1. The molecule has 1 aliphatic heterocycles. The third-order valence-electron chi connectivity index (χ3n) is 6.61. The lowest BCUT2D eigenvalue weighted by molar-refractivity contribution is -0.274. The van der Waals surface area contributed by atoms with Crippen molar-refractivity contribution < 1.29 is 41.8 Å². The second kappa shape index (κ2) is 13.9. The average molecular weight is 585 g/mol. The lowest BCUT2D eigenvalue weighted by Crippen LogP contribution is -2.41. The van der Waals surface area contributed by atoms with E-state index in [2.05, 4.69) is 10.1 Å². The SMILES string of the molecule is CCOC(=O)CCC(=O)N1CCC(Oc2cccc(NC(=O)c3ccccc3-c3ccc(OC(F)(F)F)cc3)c2)CC1. The predicted molar refractivity (Wildman–Crippen MR) is 149 cm³/mol. The summed E-state index contributed by atoms with van der Waals surface area (Å²) < 4.78 is 52.4. The first-order chi connectivity index (χ1) is 20.1. The van der Waals surface area contributed by atoms with E-state index in [-0.39, 0.29) is 43.2 Å². The molecule has 1 N–H and O–H groups in total. The third kappa shape index (κ3) is 8.73. The van der Waals surface area contributed by atoms with Crippen molar-refractivity contribution in [3.05, 3.63) is 78.4 Å². The second-order valence-electron chi connectivity index (χ2n) is 9.60. The van der Waals surface area contributed by atoms with Crippen molar-refractivity contribution in [1.29, 1.82) is 0 Å². The molecule has 0 atom stereocenters. The maximum Gasteiger partial charge on any atom is 0.573 e. The maximum absolute atomic E-state index is 13.2. The highest BCUT2D eigenvalue weighted by atomic mass is 19.4. The van der Waals surface area contributed by atoms with Crippen molar-refractivity contribution in [3.63, 3.8) is 0 Å². The van der Waals surface area contributed by atoms with E-state index >= 15 is 0 Å². The van der Waals surface area contributed by atoms with Crippen LogP contribution in [0, 0.1) is 0 Å². The standard InChI is InChI=1S/C31H31F3N2O6/c1-2-40-29(38)15-14-28(37)36-18-16-23(17-19-36)41-25-7-5-6-22(20-25)35-30(39)27-9-4-3-8-26(27)21-10-12-24(13-11-21)42-31(32,33)34/h3-13,20,23H,2,14-19H2,1H3,(H,35,39). The van der Waals surface area contributed by atoms with Crippen LogP contribution in [-0.2, 0) is 14.3 Å². The number of esters is 1. The minimum atomic E-state index is -4.79. The van der Waals surface area contributed by atoms with Crippen LogP contribution in [0.1, 0.15) is 43.0 Å². The van der Waals surface area contributed by atoms with Gasteiger partial charge in [0.15, 0.2) is 0 Å². The zero-order valence-corrected chi connectivity index (χ0v) is 23.0. The highest BCUT2D eigenvalue weighted by molar-refractivity contribution is 6.08.